The topological polar surface area (TPSA) is 50.8 Å². The molecule has 1 N–H and O–H groups in total. The molecule has 1 aromatic carbocycles. The van der Waals surface area contributed by atoms with Crippen LogP contribution in [0.5, 0.6) is 0 Å². The minimum atomic E-state index is -0.433. The molecule has 0 heterocycles. The SMILES string of the molecule is C=CCNc1ccccc1C(=O)N(C)CC(OC)OC. The third-order valence-corrected chi connectivity index (χ3v) is 2.89. The maximum Gasteiger partial charge on any atom is 0.255 e. The molecule has 110 valence electrons. The van der Waals surface area contributed by atoms with Gasteiger partial charge in [-0.2, -0.15) is 0 Å². The zero-order valence-electron chi connectivity index (χ0n) is 12.3. The Kier molecular flexibility index (Phi) is 6.76. The average molecular weight is 278 g/mol. The second-order valence-corrected chi connectivity index (χ2v) is 4.30. The summed E-state index contributed by atoms with van der Waals surface area (Å²) < 4.78 is 10.2. The van der Waals surface area contributed by atoms with E-state index in [1.807, 2.05) is 18.2 Å². The number of anilines is 1. The number of para-hydroxylation sites is 1. The molecule has 0 bridgehead atoms. The van der Waals surface area contributed by atoms with Crippen molar-refractivity contribution in [1.82, 2.24) is 4.90 Å². The van der Waals surface area contributed by atoms with Crippen molar-refractivity contribution in [1.29, 1.82) is 0 Å². The van der Waals surface area contributed by atoms with E-state index < -0.39 is 6.29 Å². The highest BCUT2D eigenvalue weighted by atomic mass is 16.7. The molecule has 0 radical (unpaired) electrons. The summed E-state index contributed by atoms with van der Waals surface area (Å²) in [5.74, 6) is -0.0868. The first-order valence-electron chi connectivity index (χ1n) is 6.38. The highest BCUT2D eigenvalue weighted by Crippen LogP contribution is 2.17. The number of likely N-dealkylation sites (N-methyl/N-ethyl adjacent to an activating group) is 1. The molecular formula is C15H22N2O3. The van der Waals surface area contributed by atoms with E-state index in [1.165, 1.54) is 0 Å². The van der Waals surface area contributed by atoms with E-state index in [2.05, 4.69) is 11.9 Å². The molecule has 5 heteroatoms. The van der Waals surface area contributed by atoms with Crippen molar-refractivity contribution in [3.05, 3.63) is 42.5 Å². The van der Waals surface area contributed by atoms with Crippen LogP contribution < -0.4 is 5.32 Å². The summed E-state index contributed by atoms with van der Waals surface area (Å²) in [7, 11) is 4.82. The molecule has 0 spiro atoms. The van der Waals surface area contributed by atoms with Crippen LogP contribution in [-0.4, -0.2) is 51.5 Å². The summed E-state index contributed by atoms with van der Waals surface area (Å²) in [6.07, 6.45) is 1.31. The molecule has 0 aliphatic carbocycles. The van der Waals surface area contributed by atoms with Crippen LogP contribution in [-0.2, 0) is 9.47 Å². The number of nitrogens with one attached hydrogen (secondary N) is 1. The van der Waals surface area contributed by atoms with Crippen molar-refractivity contribution in [2.75, 3.05) is 39.7 Å². The quantitative estimate of drug-likeness (QED) is 0.583. The Morgan fingerprint density at radius 1 is 1.40 bits per heavy atom. The van der Waals surface area contributed by atoms with Gasteiger partial charge in [0.15, 0.2) is 6.29 Å². The largest absolute Gasteiger partial charge is 0.381 e. The summed E-state index contributed by atoms with van der Waals surface area (Å²) in [5.41, 5.74) is 1.40. The van der Waals surface area contributed by atoms with Gasteiger partial charge in [0, 0.05) is 33.5 Å². The molecule has 1 aromatic rings. The first-order chi connectivity index (χ1) is 9.63. The van der Waals surface area contributed by atoms with E-state index in [1.54, 1.807) is 38.3 Å². The standard InChI is InChI=1S/C15H22N2O3/c1-5-10-16-13-9-7-6-8-12(13)15(18)17(2)11-14(19-3)20-4/h5-9,14,16H,1,10-11H2,2-4H3. The number of carbonyl (C=O) groups excluding carboxylic acids is 1. The van der Waals surface area contributed by atoms with Gasteiger partial charge in [0.05, 0.1) is 12.1 Å². The lowest BCUT2D eigenvalue weighted by Crippen LogP contribution is -2.36. The number of amides is 1. The van der Waals surface area contributed by atoms with Gasteiger partial charge < -0.3 is 19.7 Å². The van der Waals surface area contributed by atoms with Gasteiger partial charge in [-0.15, -0.1) is 6.58 Å². The number of methoxy groups -OCH3 is 2. The van der Waals surface area contributed by atoms with Crippen LogP contribution in [0.1, 0.15) is 10.4 Å². The van der Waals surface area contributed by atoms with E-state index in [9.17, 15) is 4.79 Å². The lowest BCUT2D eigenvalue weighted by molar-refractivity contribution is -0.110. The zero-order valence-corrected chi connectivity index (χ0v) is 12.3. The minimum absolute atomic E-state index is 0.0868. The maximum absolute atomic E-state index is 12.4. The van der Waals surface area contributed by atoms with Gasteiger partial charge in [-0.05, 0) is 12.1 Å². The predicted molar refractivity (Wildman–Crippen MR) is 79.9 cm³/mol. The number of hydrogen-bond acceptors (Lipinski definition) is 4. The molecule has 0 saturated carbocycles. The van der Waals surface area contributed by atoms with Crippen LogP contribution in [0.25, 0.3) is 0 Å². The van der Waals surface area contributed by atoms with E-state index in [4.69, 9.17) is 9.47 Å². The molecule has 0 aliphatic rings. The molecule has 0 atom stereocenters. The maximum atomic E-state index is 12.4. The highest BCUT2D eigenvalue weighted by molar-refractivity contribution is 5.99. The van der Waals surface area contributed by atoms with Gasteiger partial charge >= 0.3 is 0 Å². The fraction of sp³-hybridized carbons (Fsp3) is 0.400. The second kappa shape index (κ2) is 8.35. The van der Waals surface area contributed by atoms with Crippen LogP contribution in [0.15, 0.2) is 36.9 Å². The highest BCUT2D eigenvalue weighted by Gasteiger charge is 2.18. The first kappa shape index (κ1) is 16.2. The van der Waals surface area contributed by atoms with Crippen LogP contribution in [0.3, 0.4) is 0 Å². The Bertz CT molecular complexity index is 444. The molecule has 1 rings (SSSR count). The summed E-state index contributed by atoms with van der Waals surface area (Å²) in [6.45, 7) is 4.62. The van der Waals surface area contributed by atoms with Crippen LogP contribution in [0.2, 0.25) is 0 Å². The van der Waals surface area contributed by atoms with E-state index in [-0.39, 0.29) is 5.91 Å². The van der Waals surface area contributed by atoms with Crippen LogP contribution in [0, 0.1) is 0 Å². The van der Waals surface area contributed by atoms with Gasteiger partial charge in [-0.1, -0.05) is 18.2 Å². The first-order valence-corrected chi connectivity index (χ1v) is 6.38. The van der Waals surface area contributed by atoms with Crippen molar-refractivity contribution < 1.29 is 14.3 Å². The third-order valence-electron chi connectivity index (χ3n) is 2.89. The Morgan fingerprint density at radius 3 is 2.65 bits per heavy atom. The van der Waals surface area contributed by atoms with Crippen molar-refractivity contribution in [3.8, 4) is 0 Å². The molecule has 1 amide bonds. The number of rotatable bonds is 8. The van der Waals surface area contributed by atoms with Gasteiger partial charge in [0.1, 0.15) is 0 Å². The summed E-state index contributed by atoms with van der Waals surface area (Å²) >= 11 is 0. The molecule has 0 aromatic heterocycles. The van der Waals surface area contributed by atoms with Crippen molar-refractivity contribution in [3.63, 3.8) is 0 Å². The second-order valence-electron chi connectivity index (χ2n) is 4.30. The Balaban J connectivity index is 2.82. The monoisotopic (exact) mass is 278 g/mol. The Morgan fingerprint density at radius 2 is 2.05 bits per heavy atom. The smallest absolute Gasteiger partial charge is 0.255 e. The third kappa shape index (κ3) is 4.36. The molecule has 0 fully saturated rings. The van der Waals surface area contributed by atoms with Crippen molar-refractivity contribution in [2.45, 2.75) is 6.29 Å². The van der Waals surface area contributed by atoms with Crippen molar-refractivity contribution in [2.24, 2.45) is 0 Å². The fourth-order valence-corrected chi connectivity index (χ4v) is 1.76. The minimum Gasteiger partial charge on any atom is -0.381 e. The lowest BCUT2D eigenvalue weighted by Gasteiger charge is -2.23. The predicted octanol–water partition coefficient (Wildman–Crippen LogP) is 1.98. The molecule has 0 saturated heterocycles. The van der Waals surface area contributed by atoms with Crippen molar-refractivity contribution >= 4 is 11.6 Å². The van der Waals surface area contributed by atoms with Gasteiger partial charge in [-0.3, -0.25) is 4.79 Å². The molecular weight excluding hydrogens is 256 g/mol. The summed E-state index contributed by atoms with van der Waals surface area (Å²) in [5, 5.41) is 3.15. The number of benzene rings is 1. The van der Waals surface area contributed by atoms with Gasteiger partial charge in [-0.25, -0.2) is 0 Å². The zero-order chi connectivity index (χ0) is 15.0. The Labute approximate surface area is 120 Å². The van der Waals surface area contributed by atoms with E-state index in [0.29, 0.717) is 18.7 Å². The molecule has 20 heavy (non-hydrogen) atoms. The molecule has 0 unspecified atom stereocenters. The fourth-order valence-electron chi connectivity index (χ4n) is 1.76. The van der Waals surface area contributed by atoms with E-state index in [0.717, 1.165) is 5.69 Å². The number of hydrogen-bond donors (Lipinski definition) is 1. The Hall–Kier alpha value is -1.85. The average Bonchev–Trinajstić information content (AvgIpc) is 2.49. The molecule has 5 nitrogen and oxygen atoms in total. The van der Waals surface area contributed by atoms with Crippen LogP contribution in [0.4, 0.5) is 5.69 Å². The number of nitrogens with zero attached hydrogens (tertiary/aromatic N) is 1. The van der Waals surface area contributed by atoms with Gasteiger partial charge in [0.2, 0.25) is 0 Å². The summed E-state index contributed by atoms with van der Waals surface area (Å²) in [4.78, 5) is 14.0. The van der Waals surface area contributed by atoms with Crippen LogP contribution >= 0.6 is 0 Å². The lowest BCUT2D eigenvalue weighted by atomic mass is 10.1. The normalized spacial score (nSPS) is 10.4. The molecule has 0 aliphatic heterocycles. The number of carbonyl (C=O) groups is 1. The summed E-state index contributed by atoms with van der Waals surface area (Å²) in [6, 6.07) is 7.38. The van der Waals surface area contributed by atoms with E-state index >= 15 is 0 Å². The van der Waals surface area contributed by atoms with Gasteiger partial charge in [0.25, 0.3) is 5.91 Å². The number of ether oxygens (including phenoxy) is 2.